The minimum absolute atomic E-state index is 0.0281. The number of nitrogens with zero attached hydrogens (tertiary/aromatic N) is 5. The van der Waals surface area contributed by atoms with Gasteiger partial charge in [0.15, 0.2) is 5.69 Å². The topological polar surface area (TPSA) is 213 Å². The van der Waals surface area contributed by atoms with Gasteiger partial charge in [-0.15, -0.1) is 5.10 Å². The molecule has 17 nitrogen and oxygen atoms in total. The molecule has 5 atom stereocenters. The van der Waals surface area contributed by atoms with Crippen molar-refractivity contribution in [3.05, 3.63) is 47.8 Å². The molecular formula is C39H50N8O9S. The average molecular weight is 807 g/mol. The summed E-state index contributed by atoms with van der Waals surface area (Å²) in [5, 5.41) is 13.8. The summed E-state index contributed by atoms with van der Waals surface area (Å²) in [6.45, 7) is 5.60. The maximum Gasteiger partial charge on any atom is 0.274 e. The number of hydrogen-bond acceptors (Lipinski definition) is 12. The Morgan fingerprint density at radius 1 is 1.09 bits per heavy atom. The van der Waals surface area contributed by atoms with Crippen molar-refractivity contribution in [3.63, 3.8) is 0 Å². The highest BCUT2D eigenvalue weighted by Gasteiger charge is 2.62. The van der Waals surface area contributed by atoms with Crippen LogP contribution in [-0.4, -0.2) is 106 Å². The van der Waals surface area contributed by atoms with Crippen molar-refractivity contribution in [1.29, 1.82) is 0 Å². The van der Waals surface area contributed by atoms with E-state index in [1.165, 1.54) is 15.9 Å². The smallest absolute Gasteiger partial charge is 0.274 e. The van der Waals surface area contributed by atoms with Crippen LogP contribution in [0.2, 0.25) is 0 Å². The standard InChI is InChI=1S/C39H50N8O9S/c1-22(2)55-33-18-32(27-15-16-31(54-5)23(3)34(27)42-33)56-25-17-30-36(49)43-39(38(51)45-57(52,53)26-13-14-26)19-24(39)11-9-7-6-8-10-12-28(37(50)47(30)21-25)41-35(48)29-20-40-46(4)44-29/h9,11,15-16,18,20,22,24-26,28,30H,6-8,10,12-14,17,19,21H2,1-5H3,(H,41,48)(H,43,49)(H,45,51)/b11-9-/t24-,25-,28+,30+,39-/m1/s1. The highest BCUT2D eigenvalue weighted by Crippen LogP contribution is 2.46. The number of carbonyl (C=O) groups excluding carboxylic acids is 4. The van der Waals surface area contributed by atoms with Gasteiger partial charge in [0.1, 0.15) is 35.2 Å². The number of amides is 4. The predicted octanol–water partition coefficient (Wildman–Crippen LogP) is 2.62. The fourth-order valence-corrected chi connectivity index (χ4v) is 9.05. The predicted molar refractivity (Wildman–Crippen MR) is 207 cm³/mol. The molecule has 1 saturated heterocycles. The second-order valence-electron chi connectivity index (χ2n) is 15.7. The molecule has 0 spiro atoms. The first-order valence-electron chi connectivity index (χ1n) is 19.5. The summed E-state index contributed by atoms with van der Waals surface area (Å²) in [5.41, 5.74) is -0.125. The van der Waals surface area contributed by atoms with Crippen LogP contribution >= 0.6 is 0 Å². The molecule has 2 aromatic heterocycles. The van der Waals surface area contributed by atoms with Crippen molar-refractivity contribution < 1.29 is 41.8 Å². The van der Waals surface area contributed by atoms with Gasteiger partial charge in [0, 0.05) is 36.4 Å². The van der Waals surface area contributed by atoms with Crippen LogP contribution in [0.5, 0.6) is 17.4 Å². The molecule has 4 aliphatic rings. The van der Waals surface area contributed by atoms with E-state index in [1.54, 1.807) is 20.2 Å². The number of pyridine rings is 1. The summed E-state index contributed by atoms with van der Waals surface area (Å²) in [6, 6.07) is 3.15. The Balaban J connectivity index is 1.23. The van der Waals surface area contributed by atoms with E-state index in [4.69, 9.17) is 19.2 Å². The number of methoxy groups -OCH3 is 1. The molecule has 2 aliphatic heterocycles. The van der Waals surface area contributed by atoms with Crippen molar-refractivity contribution in [2.45, 2.75) is 114 Å². The van der Waals surface area contributed by atoms with E-state index in [9.17, 15) is 27.6 Å². The van der Waals surface area contributed by atoms with Gasteiger partial charge in [-0.2, -0.15) is 9.90 Å². The molecule has 2 aliphatic carbocycles. The van der Waals surface area contributed by atoms with Crippen LogP contribution in [0.3, 0.4) is 0 Å². The first-order chi connectivity index (χ1) is 27.2. The summed E-state index contributed by atoms with van der Waals surface area (Å²) < 4.78 is 46.2. The number of fused-ring (bicyclic) bond motifs is 3. The third-order valence-electron chi connectivity index (χ3n) is 11.0. The molecule has 2 saturated carbocycles. The molecule has 0 unspecified atom stereocenters. The van der Waals surface area contributed by atoms with E-state index in [0.717, 1.165) is 18.4 Å². The van der Waals surface area contributed by atoms with Gasteiger partial charge in [-0.1, -0.05) is 25.0 Å². The van der Waals surface area contributed by atoms with Gasteiger partial charge in [0.05, 0.1) is 36.7 Å². The number of sulfonamides is 1. The molecule has 306 valence electrons. The lowest BCUT2D eigenvalue weighted by Crippen LogP contribution is -2.58. The summed E-state index contributed by atoms with van der Waals surface area (Å²) in [6.07, 6.45) is 8.45. The van der Waals surface area contributed by atoms with Crippen LogP contribution in [0.1, 0.15) is 87.7 Å². The maximum absolute atomic E-state index is 14.7. The highest BCUT2D eigenvalue weighted by atomic mass is 32.2. The van der Waals surface area contributed by atoms with Gasteiger partial charge in [-0.25, -0.2) is 13.4 Å². The Kier molecular flexibility index (Phi) is 11.2. The fourth-order valence-electron chi connectivity index (χ4n) is 7.69. The lowest BCUT2D eigenvalue weighted by Gasteiger charge is -2.29. The summed E-state index contributed by atoms with van der Waals surface area (Å²) >= 11 is 0. The van der Waals surface area contributed by atoms with Gasteiger partial charge in [-0.3, -0.25) is 23.9 Å². The number of aromatic nitrogens is 4. The molecule has 3 N–H and O–H groups in total. The van der Waals surface area contributed by atoms with E-state index in [2.05, 4.69) is 25.6 Å². The molecule has 4 amide bonds. The molecule has 1 aromatic carbocycles. The van der Waals surface area contributed by atoms with Crippen molar-refractivity contribution >= 4 is 44.6 Å². The lowest BCUT2D eigenvalue weighted by atomic mass is 10.0. The van der Waals surface area contributed by atoms with Gasteiger partial charge in [0.25, 0.3) is 11.8 Å². The van der Waals surface area contributed by atoms with Gasteiger partial charge >= 0.3 is 0 Å². The number of benzene rings is 1. The Morgan fingerprint density at radius 2 is 1.88 bits per heavy atom. The Morgan fingerprint density at radius 3 is 2.58 bits per heavy atom. The molecule has 7 rings (SSSR count). The van der Waals surface area contributed by atoms with Crippen molar-refractivity contribution in [2.24, 2.45) is 13.0 Å². The summed E-state index contributed by atoms with van der Waals surface area (Å²) in [4.78, 5) is 63.7. The van der Waals surface area contributed by atoms with Crippen molar-refractivity contribution in [3.8, 4) is 17.4 Å². The number of ether oxygens (including phenoxy) is 3. The molecule has 3 aromatic rings. The third-order valence-corrected chi connectivity index (χ3v) is 12.8. The Hall–Kier alpha value is -5.26. The van der Waals surface area contributed by atoms with Crippen LogP contribution in [0.15, 0.2) is 36.5 Å². The third kappa shape index (κ3) is 8.55. The molecular weight excluding hydrogens is 757 g/mol. The van der Waals surface area contributed by atoms with Crippen LogP contribution in [0.4, 0.5) is 0 Å². The largest absolute Gasteiger partial charge is 0.496 e. The van der Waals surface area contributed by atoms with Crippen LogP contribution in [0.25, 0.3) is 10.9 Å². The first-order valence-corrected chi connectivity index (χ1v) is 21.1. The second kappa shape index (κ2) is 15.9. The first kappa shape index (κ1) is 40.0. The molecule has 57 heavy (non-hydrogen) atoms. The highest BCUT2D eigenvalue weighted by molar-refractivity contribution is 7.91. The van der Waals surface area contributed by atoms with Crippen LogP contribution in [0, 0.1) is 12.8 Å². The van der Waals surface area contributed by atoms with E-state index < -0.39 is 68.5 Å². The van der Waals surface area contributed by atoms with Crippen molar-refractivity contribution in [1.82, 2.24) is 40.2 Å². The Labute approximate surface area is 331 Å². The Bertz CT molecular complexity index is 2200. The van der Waals surface area contributed by atoms with E-state index in [-0.39, 0.29) is 31.2 Å². The van der Waals surface area contributed by atoms with E-state index in [1.807, 2.05) is 45.1 Å². The number of hydrogen-bond donors (Lipinski definition) is 3. The fraction of sp³-hybridized carbons (Fsp3) is 0.564. The molecule has 18 heteroatoms. The zero-order valence-electron chi connectivity index (χ0n) is 32.8. The number of carbonyl (C=O) groups is 4. The molecule has 0 radical (unpaired) electrons. The normalized spacial score (nSPS) is 26.0. The van der Waals surface area contributed by atoms with Crippen molar-refractivity contribution in [2.75, 3.05) is 13.7 Å². The number of aryl methyl sites for hydroxylation is 2. The molecule has 4 heterocycles. The minimum atomic E-state index is -3.91. The zero-order valence-corrected chi connectivity index (χ0v) is 33.6. The number of nitrogens with one attached hydrogen (secondary N) is 3. The van der Waals surface area contributed by atoms with E-state index in [0.29, 0.717) is 60.4 Å². The summed E-state index contributed by atoms with van der Waals surface area (Å²) in [5.74, 6) is -1.61. The lowest BCUT2D eigenvalue weighted by molar-refractivity contribution is -0.141. The van der Waals surface area contributed by atoms with E-state index >= 15 is 0 Å². The van der Waals surface area contributed by atoms with Crippen LogP contribution < -0.4 is 29.6 Å². The monoisotopic (exact) mass is 806 g/mol. The SMILES string of the molecule is COc1ccc2c(O[C@@H]3C[C@H]4C(=O)N[C@]5(C(=O)NS(=O)(=O)C6CC6)C[C@H]5/C=C\CCCCC[C@H](NC(=O)c5cnn(C)n5)C(=O)N4C3)cc(OC(C)C)nc2c1C. The molecule has 3 fully saturated rings. The quantitative estimate of drug-likeness (QED) is 0.253. The number of allylic oxidation sites excluding steroid dienone is 1. The average Bonchev–Trinajstić information content (AvgIpc) is 4.05. The maximum atomic E-state index is 14.7. The van der Waals surface area contributed by atoms with Crippen LogP contribution in [-0.2, 0) is 31.5 Å². The second-order valence-corrected chi connectivity index (χ2v) is 17.6. The minimum Gasteiger partial charge on any atom is -0.496 e. The zero-order chi connectivity index (χ0) is 40.6. The van der Waals surface area contributed by atoms with Gasteiger partial charge < -0.3 is 29.7 Å². The molecule has 0 bridgehead atoms. The number of rotatable bonds is 10. The summed E-state index contributed by atoms with van der Waals surface area (Å²) in [7, 11) is -0.759. The van der Waals surface area contributed by atoms with Gasteiger partial charge in [-0.05, 0) is 71.4 Å². The van der Waals surface area contributed by atoms with Gasteiger partial charge in [0.2, 0.25) is 27.7 Å².